The maximum Gasteiger partial charge on any atom is 0.313 e. The molecule has 4 nitrogen and oxygen atoms in total. The van der Waals surface area contributed by atoms with Crippen LogP contribution >= 0.6 is 44.3 Å². The summed E-state index contributed by atoms with van der Waals surface area (Å²) >= 11 is 6.47. The average Bonchev–Trinajstić information content (AvgIpc) is 2.33. The Morgan fingerprint density at radius 1 is 1.37 bits per heavy atom. The van der Waals surface area contributed by atoms with E-state index < -0.39 is 11.5 Å². The number of nitrogens with two attached hydrogens (primary N) is 1. The van der Waals surface area contributed by atoms with E-state index in [0.717, 1.165) is 5.56 Å². The van der Waals surface area contributed by atoms with E-state index in [2.05, 4.69) is 31.9 Å². The monoisotopic (exact) mass is 415 g/mol. The topological polar surface area (TPSA) is 72.5 Å². The summed E-state index contributed by atoms with van der Waals surface area (Å²) in [4.78, 5) is 11.7. The van der Waals surface area contributed by atoms with Crippen LogP contribution < -0.4 is 5.73 Å². The van der Waals surface area contributed by atoms with Crippen molar-refractivity contribution in [3.63, 3.8) is 0 Å². The summed E-state index contributed by atoms with van der Waals surface area (Å²) in [6.45, 7) is 3.44. The van der Waals surface area contributed by atoms with E-state index in [1.54, 1.807) is 26.0 Å². The van der Waals surface area contributed by atoms with Gasteiger partial charge >= 0.3 is 5.97 Å². The Morgan fingerprint density at radius 3 is 2.16 bits per heavy atom. The minimum atomic E-state index is -0.857. The van der Waals surface area contributed by atoms with Crippen LogP contribution in [0.4, 0.5) is 0 Å². The number of benzene rings is 1. The predicted molar refractivity (Wildman–Crippen MR) is 83.5 cm³/mol. The van der Waals surface area contributed by atoms with Crippen molar-refractivity contribution in [2.24, 2.45) is 11.1 Å². The number of aromatic hydroxyl groups is 1. The minimum absolute atomic E-state index is 0. The Bertz CT molecular complexity index is 457. The summed E-state index contributed by atoms with van der Waals surface area (Å²) in [5.41, 5.74) is 5.98. The van der Waals surface area contributed by atoms with Gasteiger partial charge in [-0.2, -0.15) is 0 Å². The number of methoxy groups -OCH3 is 1. The minimum Gasteiger partial charge on any atom is -0.506 e. The molecule has 0 heterocycles. The third-order valence-electron chi connectivity index (χ3n) is 2.89. The van der Waals surface area contributed by atoms with Gasteiger partial charge in [0, 0.05) is 6.04 Å². The SMILES string of the molecule is COC(=O)C(C)(C)[C@H](N)c1cc(Br)c(O)c(Br)c1.Cl. The summed E-state index contributed by atoms with van der Waals surface area (Å²) in [6, 6.07) is 2.84. The van der Waals surface area contributed by atoms with E-state index in [9.17, 15) is 9.90 Å². The van der Waals surface area contributed by atoms with Gasteiger partial charge in [0.2, 0.25) is 0 Å². The highest BCUT2D eigenvalue weighted by atomic mass is 79.9. The number of rotatable bonds is 3. The molecule has 0 bridgehead atoms. The van der Waals surface area contributed by atoms with E-state index in [4.69, 9.17) is 10.5 Å². The molecule has 0 aliphatic rings. The standard InChI is InChI=1S/C12H15Br2NO3.ClH/c1-12(2,11(17)18-3)10(15)6-4-7(13)9(16)8(14)5-6;/h4-5,10,16H,15H2,1-3H3;1H/t10-;/m1./s1. The first-order chi connectivity index (χ1) is 8.21. The number of hydrogen-bond donors (Lipinski definition) is 2. The maximum absolute atomic E-state index is 11.7. The molecule has 0 amide bonds. The molecule has 0 saturated heterocycles. The van der Waals surface area contributed by atoms with Crippen LogP contribution in [0.25, 0.3) is 0 Å². The molecule has 0 fully saturated rings. The van der Waals surface area contributed by atoms with Crippen molar-refractivity contribution in [3.05, 3.63) is 26.6 Å². The van der Waals surface area contributed by atoms with Gasteiger partial charge < -0.3 is 15.6 Å². The van der Waals surface area contributed by atoms with Gasteiger partial charge in [0.05, 0.1) is 21.5 Å². The lowest BCUT2D eigenvalue weighted by Crippen LogP contribution is -2.37. The number of hydrogen-bond acceptors (Lipinski definition) is 4. The fourth-order valence-corrected chi connectivity index (χ4v) is 2.79. The quantitative estimate of drug-likeness (QED) is 0.738. The maximum atomic E-state index is 11.7. The summed E-state index contributed by atoms with van der Waals surface area (Å²) in [5, 5.41) is 9.64. The van der Waals surface area contributed by atoms with Gasteiger partial charge in [-0.25, -0.2) is 0 Å². The van der Waals surface area contributed by atoms with Gasteiger partial charge in [0.25, 0.3) is 0 Å². The molecular weight excluding hydrogens is 401 g/mol. The van der Waals surface area contributed by atoms with Crippen LogP contribution in [0, 0.1) is 5.41 Å². The number of phenolic OH excluding ortho intramolecular Hbond substituents is 1. The van der Waals surface area contributed by atoms with Gasteiger partial charge in [0.1, 0.15) is 5.75 Å². The highest BCUT2D eigenvalue weighted by Gasteiger charge is 2.37. The van der Waals surface area contributed by atoms with Gasteiger partial charge in [-0.05, 0) is 63.4 Å². The molecule has 1 aromatic carbocycles. The molecule has 3 N–H and O–H groups in total. The van der Waals surface area contributed by atoms with Crippen molar-refractivity contribution >= 4 is 50.2 Å². The van der Waals surface area contributed by atoms with Crippen molar-refractivity contribution in [1.82, 2.24) is 0 Å². The molecule has 0 aliphatic heterocycles. The Kier molecular flexibility index (Phi) is 6.82. The summed E-state index contributed by atoms with van der Waals surface area (Å²) in [7, 11) is 1.33. The van der Waals surface area contributed by atoms with Gasteiger partial charge in [-0.1, -0.05) is 0 Å². The van der Waals surface area contributed by atoms with E-state index >= 15 is 0 Å². The lowest BCUT2D eigenvalue weighted by molar-refractivity contribution is -0.152. The molecule has 7 heteroatoms. The molecule has 0 aliphatic carbocycles. The van der Waals surface area contributed by atoms with Crippen molar-refractivity contribution in [1.29, 1.82) is 0 Å². The molecule has 0 unspecified atom stereocenters. The summed E-state index contributed by atoms with van der Waals surface area (Å²) in [6.07, 6.45) is 0. The number of carbonyl (C=O) groups is 1. The van der Waals surface area contributed by atoms with Crippen LogP contribution in [0.15, 0.2) is 21.1 Å². The molecular formula is C12H16Br2ClNO3. The van der Waals surface area contributed by atoms with Crippen molar-refractivity contribution in [2.45, 2.75) is 19.9 Å². The summed E-state index contributed by atoms with van der Waals surface area (Å²) in [5.74, 6) is -0.280. The van der Waals surface area contributed by atoms with Crippen LogP contribution in [0.1, 0.15) is 25.5 Å². The Hall–Kier alpha value is -0.300. The third kappa shape index (κ3) is 3.84. The van der Waals surface area contributed by atoms with Crippen molar-refractivity contribution in [3.8, 4) is 5.75 Å². The predicted octanol–water partition coefficient (Wildman–Crippen LogP) is 3.54. The third-order valence-corrected chi connectivity index (χ3v) is 4.10. The first-order valence-corrected chi connectivity index (χ1v) is 6.82. The fraction of sp³-hybridized carbons (Fsp3) is 0.417. The Labute approximate surface area is 135 Å². The number of phenols is 1. The Morgan fingerprint density at radius 2 is 1.79 bits per heavy atom. The smallest absolute Gasteiger partial charge is 0.313 e. The summed E-state index contributed by atoms with van der Waals surface area (Å²) < 4.78 is 5.78. The first-order valence-electron chi connectivity index (χ1n) is 5.23. The zero-order valence-corrected chi connectivity index (χ0v) is 14.7. The number of esters is 1. The molecule has 1 aromatic rings. The second kappa shape index (κ2) is 6.92. The average molecular weight is 418 g/mol. The zero-order valence-electron chi connectivity index (χ0n) is 10.7. The molecule has 19 heavy (non-hydrogen) atoms. The van der Waals surface area contributed by atoms with Gasteiger partial charge in [-0.3, -0.25) is 4.79 Å². The van der Waals surface area contributed by atoms with Crippen LogP contribution in [0.3, 0.4) is 0 Å². The molecule has 1 rings (SSSR count). The molecule has 0 aromatic heterocycles. The van der Waals surface area contributed by atoms with E-state index in [1.807, 2.05) is 0 Å². The van der Waals surface area contributed by atoms with Crippen LogP contribution in [0.5, 0.6) is 5.75 Å². The Balaban J connectivity index is 0.00000324. The zero-order chi connectivity index (χ0) is 14.1. The second-order valence-corrected chi connectivity index (χ2v) is 6.23. The lowest BCUT2D eigenvalue weighted by atomic mass is 9.81. The number of carbonyl (C=O) groups excluding carboxylic acids is 1. The first kappa shape index (κ1) is 18.7. The lowest BCUT2D eigenvalue weighted by Gasteiger charge is -2.29. The fourth-order valence-electron chi connectivity index (χ4n) is 1.57. The highest BCUT2D eigenvalue weighted by molar-refractivity contribution is 9.11. The number of ether oxygens (including phenoxy) is 1. The van der Waals surface area contributed by atoms with Crippen LogP contribution in [0.2, 0.25) is 0 Å². The second-order valence-electron chi connectivity index (χ2n) is 4.52. The number of halogens is 3. The molecule has 1 atom stereocenters. The van der Waals surface area contributed by atoms with Crippen LogP contribution in [-0.2, 0) is 9.53 Å². The van der Waals surface area contributed by atoms with Crippen molar-refractivity contribution < 1.29 is 14.6 Å². The van der Waals surface area contributed by atoms with Crippen LogP contribution in [-0.4, -0.2) is 18.2 Å². The van der Waals surface area contributed by atoms with E-state index in [1.165, 1.54) is 7.11 Å². The molecule has 108 valence electrons. The highest BCUT2D eigenvalue weighted by Crippen LogP contribution is 2.39. The van der Waals surface area contributed by atoms with Gasteiger partial charge in [0.15, 0.2) is 0 Å². The molecule has 0 saturated carbocycles. The molecule has 0 radical (unpaired) electrons. The van der Waals surface area contributed by atoms with Crippen molar-refractivity contribution in [2.75, 3.05) is 7.11 Å². The van der Waals surface area contributed by atoms with E-state index in [0.29, 0.717) is 8.95 Å². The largest absolute Gasteiger partial charge is 0.506 e. The normalized spacial score (nSPS) is 12.5. The molecule has 0 spiro atoms. The van der Waals surface area contributed by atoms with E-state index in [-0.39, 0.29) is 24.1 Å². The van der Waals surface area contributed by atoms with Gasteiger partial charge in [-0.15, -0.1) is 12.4 Å².